The number of nitrogens with one attached hydrogen (secondary N) is 1. The number of ether oxygens (including phenoxy) is 2. The van der Waals surface area contributed by atoms with Crippen LogP contribution in [0.5, 0.6) is 5.75 Å². The second-order valence-corrected chi connectivity index (χ2v) is 3.68. The molecule has 0 fully saturated rings. The van der Waals surface area contributed by atoms with Crippen molar-refractivity contribution in [3.63, 3.8) is 0 Å². The van der Waals surface area contributed by atoms with E-state index in [9.17, 15) is 13.2 Å². The summed E-state index contributed by atoms with van der Waals surface area (Å²) >= 11 is 0. The average molecular weight is 263 g/mol. The first kappa shape index (κ1) is 14.8. The van der Waals surface area contributed by atoms with Crippen molar-refractivity contribution in [1.82, 2.24) is 5.32 Å². The Morgan fingerprint density at radius 3 is 2.33 bits per heavy atom. The van der Waals surface area contributed by atoms with E-state index in [1.165, 1.54) is 12.1 Å². The minimum atomic E-state index is -4.64. The van der Waals surface area contributed by atoms with Gasteiger partial charge in [0.25, 0.3) is 0 Å². The zero-order chi connectivity index (χ0) is 13.4. The molecule has 1 aromatic carbocycles. The molecule has 0 saturated carbocycles. The number of halogens is 3. The summed E-state index contributed by atoms with van der Waals surface area (Å²) < 4.78 is 44.4. The molecule has 6 heteroatoms. The van der Waals surface area contributed by atoms with Crippen LogP contribution < -0.4 is 10.1 Å². The molecular weight excluding hydrogens is 247 g/mol. The van der Waals surface area contributed by atoms with Gasteiger partial charge in [-0.05, 0) is 30.7 Å². The lowest BCUT2D eigenvalue weighted by Crippen LogP contribution is -2.21. The predicted octanol–water partition coefficient (Wildman–Crippen LogP) is 2.36. The maximum absolute atomic E-state index is 11.9. The second kappa shape index (κ2) is 7.23. The van der Waals surface area contributed by atoms with Crippen molar-refractivity contribution in [1.29, 1.82) is 0 Å². The summed E-state index contributed by atoms with van der Waals surface area (Å²) in [6, 6.07) is 5.88. The van der Waals surface area contributed by atoms with Crippen molar-refractivity contribution in [3.05, 3.63) is 29.8 Å². The van der Waals surface area contributed by atoms with E-state index in [1.807, 2.05) is 0 Å². The monoisotopic (exact) mass is 263 g/mol. The van der Waals surface area contributed by atoms with Crippen LogP contribution in [0.25, 0.3) is 0 Å². The van der Waals surface area contributed by atoms with Crippen LogP contribution >= 0.6 is 0 Å². The highest BCUT2D eigenvalue weighted by Gasteiger charge is 2.30. The average Bonchev–Trinajstić information content (AvgIpc) is 2.29. The smallest absolute Gasteiger partial charge is 0.406 e. The summed E-state index contributed by atoms with van der Waals surface area (Å²) in [5.41, 5.74) is 0.953. The fraction of sp³-hybridized carbons (Fsp3) is 0.500. The van der Waals surface area contributed by atoms with Crippen molar-refractivity contribution in [3.8, 4) is 5.75 Å². The van der Waals surface area contributed by atoms with Gasteiger partial charge < -0.3 is 14.8 Å². The quantitative estimate of drug-likeness (QED) is 0.766. The van der Waals surface area contributed by atoms with Crippen molar-refractivity contribution in [2.24, 2.45) is 0 Å². The highest BCUT2D eigenvalue weighted by molar-refractivity contribution is 5.27. The van der Waals surface area contributed by atoms with Gasteiger partial charge in [0.2, 0.25) is 0 Å². The zero-order valence-electron chi connectivity index (χ0n) is 10.1. The molecule has 18 heavy (non-hydrogen) atoms. The molecule has 0 heterocycles. The third kappa shape index (κ3) is 6.46. The van der Waals surface area contributed by atoms with Crippen LogP contribution in [0.3, 0.4) is 0 Å². The maximum Gasteiger partial charge on any atom is 0.573 e. The van der Waals surface area contributed by atoms with E-state index in [0.29, 0.717) is 6.61 Å². The number of benzene rings is 1. The Balaban J connectivity index is 2.32. The van der Waals surface area contributed by atoms with Gasteiger partial charge in [0, 0.05) is 13.7 Å². The molecule has 3 nitrogen and oxygen atoms in total. The molecule has 0 aliphatic carbocycles. The van der Waals surface area contributed by atoms with Crippen molar-refractivity contribution >= 4 is 0 Å². The van der Waals surface area contributed by atoms with Crippen LogP contribution in [0.2, 0.25) is 0 Å². The van der Waals surface area contributed by atoms with Gasteiger partial charge in [0.1, 0.15) is 5.75 Å². The van der Waals surface area contributed by atoms with E-state index in [0.717, 1.165) is 25.1 Å². The highest BCUT2D eigenvalue weighted by Crippen LogP contribution is 2.22. The zero-order valence-corrected chi connectivity index (χ0v) is 10.1. The molecule has 0 unspecified atom stereocenters. The van der Waals surface area contributed by atoms with Crippen LogP contribution in [0.4, 0.5) is 13.2 Å². The predicted molar refractivity (Wildman–Crippen MR) is 61.6 cm³/mol. The molecule has 0 aromatic heterocycles. The van der Waals surface area contributed by atoms with E-state index in [-0.39, 0.29) is 5.75 Å². The van der Waals surface area contributed by atoms with E-state index in [4.69, 9.17) is 4.74 Å². The summed E-state index contributed by atoms with van der Waals surface area (Å²) in [7, 11) is 1.63. The third-order valence-electron chi connectivity index (χ3n) is 2.23. The van der Waals surface area contributed by atoms with Gasteiger partial charge in [-0.15, -0.1) is 13.2 Å². The molecule has 0 amide bonds. The third-order valence-corrected chi connectivity index (χ3v) is 2.23. The Bertz CT molecular complexity index is 338. The van der Waals surface area contributed by atoms with E-state index in [1.54, 1.807) is 19.2 Å². The molecule has 1 rings (SSSR count). The topological polar surface area (TPSA) is 30.5 Å². The van der Waals surface area contributed by atoms with Gasteiger partial charge in [-0.2, -0.15) is 0 Å². The van der Waals surface area contributed by atoms with E-state index < -0.39 is 6.36 Å². The Labute approximate surface area is 104 Å². The van der Waals surface area contributed by atoms with Crippen LogP contribution in [-0.4, -0.2) is 33.2 Å². The van der Waals surface area contributed by atoms with Crippen molar-refractivity contribution in [2.45, 2.75) is 12.8 Å². The normalized spacial score (nSPS) is 11.6. The molecule has 1 N–H and O–H groups in total. The molecule has 0 aliphatic heterocycles. The van der Waals surface area contributed by atoms with Gasteiger partial charge in [-0.3, -0.25) is 0 Å². The molecule has 102 valence electrons. The first-order chi connectivity index (χ1) is 8.51. The van der Waals surface area contributed by atoms with Crippen molar-refractivity contribution in [2.75, 3.05) is 26.8 Å². The number of hydrogen-bond donors (Lipinski definition) is 1. The lowest BCUT2D eigenvalue weighted by molar-refractivity contribution is -0.274. The Morgan fingerprint density at radius 2 is 1.78 bits per heavy atom. The second-order valence-electron chi connectivity index (χ2n) is 3.68. The molecule has 0 aliphatic rings. The molecule has 0 radical (unpaired) electrons. The lowest BCUT2D eigenvalue weighted by Gasteiger charge is -2.09. The number of alkyl halides is 3. The summed E-state index contributed by atoms with van der Waals surface area (Å²) in [6.45, 7) is 2.15. The van der Waals surface area contributed by atoms with Crippen molar-refractivity contribution < 1.29 is 22.6 Å². The van der Waals surface area contributed by atoms with Gasteiger partial charge in [0.05, 0.1) is 6.61 Å². The molecule has 1 aromatic rings. The summed E-state index contributed by atoms with van der Waals surface area (Å²) in [5.74, 6) is -0.196. The van der Waals surface area contributed by atoms with E-state index >= 15 is 0 Å². The molecule has 0 atom stereocenters. The van der Waals surface area contributed by atoms with Gasteiger partial charge >= 0.3 is 6.36 Å². The summed E-state index contributed by atoms with van der Waals surface area (Å²) in [4.78, 5) is 0. The van der Waals surface area contributed by atoms with Crippen LogP contribution in [0.1, 0.15) is 5.56 Å². The first-order valence-electron chi connectivity index (χ1n) is 5.55. The van der Waals surface area contributed by atoms with Gasteiger partial charge in [0.15, 0.2) is 0 Å². The number of methoxy groups -OCH3 is 1. The fourth-order valence-corrected chi connectivity index (χ4v) is 1.39. The molecule has 0 saturated heterocycles. The number of rotatable bonds is 7. The molecule has 0 spiro atoms. The Morgan fingerprint density at radius 1 is 1.11 bits per heavy atom. The largest absolute Gasteiger partial charge is 0.573 e. The van der Waals surface area contributed by atoms with E-state index in [2.05, 4.69) is 10.1 Å². The summed E-state index contributed by atoms with van der Waals surface area (Å²) in [6.07, 6.45) is -3.89. The van der Waals surface area contributed by atoms with Crippen LogP contribution in [-0.2, 0) is 11.2 Å². The standard InChI is InChI=1S/C12H16F3NO2/c1-17-9-8-16-7-6-10-2-4-11(5-3-10)18-12(13,14)15/h2-5,16H,6-9H2,1H3. The molecule has 0 bridgehead atoms. The fourth-order valence-electron chi connectivity index (χ4n) is 1.39. The summed E-state index contributed by atoms with van der Waals surface area (Å²) in [5, 5.41) is 3.15. The highest BCUT2D eigenvalue weighted by atomic mass is 19.4. The van der Waals surface area contributed by atoms with Gasteiger partial charge in [-0.25, -0.2) is 0 Å². The van der Waals surface area contributed by atoms with Crippen LogP contribution in [0, 0.1) is 0 Å². The number of hydrogen-bond acceptors (Lipinski definition) is 3. The van der Waals surface area contributed by atoms with Gasteiger partial charge in [-0.1, -0.05) is 12.1 Å². The minimum Gasteiger partial charge on any atom is -0.406 e. The Hall–Kier alpha value is -1.27. The first-order valence-corrected chi connectivity index (χ1v) is 5.55. The SMILES string of the molecule is COCCNCCc1ccc(OC(F)(F)F)cc1. The minimum absolute atomic E-state index is 0.196. The van der Waals surface area contributed by atoms with Crippen LogP contribution in [0.15, 0.2) is 24.3 Å². The maximum atomic E-state index is 11.9. The lowest BCUT2D eigenvalue weighted by atomic mass is 10.1. The Kier molecular flexibility index (Phi) is 5.94. The molecular formula is C12H16F3NO2.